The summed E-state index contributed by atoms with van der Waals surface area (Å²) in [6.45, 7) is 0. The Bertz CT molecular complexity index is 379. The molecule has 5 heteroatoms. The van der Waals surface area contributed by atoms with Gasteiger partial charge in [0.1, 0.15) is 6.04 Å². The fraction of sp³-hybridized carbons (Fsp3) is 0.333. The van der Waals surface area contributed by atoms with E-state index in [-0.39, 0.29) is 6.42 Å². The van der Waals surface area contributed by atoms with E-state index in [9.17, 15) is 9.59 Å². The average Bonchev–Trinajstić information content (AvgIpc) is 2.29. The van der Waals surface area contributed by atoms with Crippen LogP contribution in [-0.4, -0.2) is 47.6 Å². The van der Waals surface area contributed by atoms with Crippen molar-refractivity contribution in [2.24, 2.45) is 0 Å². The monoisotopic (exact) mass is 236 g/mol. The third-order valence-electron chi connectivity index (χ3n) is 2.45. The molecular formula is C12H16N2O3. The maximum absolute atomic E-state index is 11.2. The van der Waals surface area contributed by atoms with Crippen molar-refractivity contribution < 1.29 is 14.7 Å². The number of hydrogen-bond acceptors (Lipinski definition) is 3. The zero-order chi connectivity index (χ0) is 12.8. The van der Waals surface area contributed by atoms with Crippen LogP contribution >= 0.6 is 0 Å². The number of hydrogen-bond donors (Lipinski definition) is 1. The van der Waals surface area contributed by atoms with Gasteiger partial charge in [0.15, 0.2) is 0 Å². The van der Waals surface area contributed by atoms with E-state index in [1.807, 2.05) is 30.3 Å². The highest BCUT2D eigenvalue weighted by Gasteiger charge is 2.26. The molecule has 0 saturated carbocycles. The summed E-state index contributed by atoms with van der Waals surface area (Å²) in [5.74, 6) is -1.02. The largest absolute Gasteiger partial charge is 0.480 e. The highest BCUT2D eigenvalue weighted by atomic mass is 16.4. The van der Waals surface area contributed by atoms with Gasteiger partial charge in [0.25, 0.3) is 0 Å². The summed E-state index contributed by atoms with van der Waals surface area (Å²) in [5.41, 5.74) is 0.883. The third-order valence-corrected chi connectivity index (χ3v) is 2.45. The second kappa shape index (κ2) is 6.00. The summed E-state index contributed by atoms with van der Waals surface area (Å²) in [7, 11) is 3.27. The molecule has 1 aromatic rings. The molecule has 0 bridgehead atoms. The van der Waals surface area contributed by atoms with E-state index in [1.54, 1.807) is 14.1 Å². The lowest BCUT2D eigenvalue weighted by Gasteiger charge is -2.30. The van der Waals surface area contributed by atoms with Gasteiger partial charge in [-0.2, -0.15) is 0 Å². The number of carbonyl (C=O) groups excluding carboxylic acids is 1. The van der Waals surface area contributed by atoms with Crippen LogP contribution < -0.4 is 0 Å². The minimum atomic E-state index is -1.02. The molecule has 1 N–H and O–H groups in total. The summed E-state index contributed by atoms with van der Waals surface area (Å²) in [5, 5.41) is 11.8. The maximum Gasteiger partial charge on any atom is 0.328 e. The molecule has 0 radical (unpaired) electrons. The van der Waals surface area contributed by atoms with Crippen LogP contribution in [-0.2, 0) is 16.0 Å². The van der Waals surface area contributed by atoms with E-state index in [1.165, 1.54) is 5.01 Å². The summed E-state index contributed by atoms with van der Waals surface area (Å²) < 4.78 is 0. The highest BCUT2D eigenvalue weighted by Crippen LogP contribution is 2.09. The molecule has 0 aromatic heterocycles. The number of carboxylic acids is 1. The topological polar surface area (TPSA) is 60.9 Å². The summed E-state index contributed by atoms with van der Waals surface area (Å²) in [4.78, 5) is 22.1. The molecule has 0 fully saturated rings. The first-order valence-corrected chi connectivity index (χ1v) is 5.24. The van der Waals surface area contributed by atoms with Crippen LogP contribution in [0.3, 0.4) is 0 Å². The molecule has 0 saturated heterocycles. The van der Waals surface area contributed by atoms with Crippen LogP contribution in [0.4, 0.5) is 0 Å². The standard InChI is InChI=1S/C12H16N2O3/c1-13(2)14(9-15)11(12(16)17)8-10-6-4-3-5-7-10/h3-7,9,11H,8H2,1-2H3,(H,16,17)/t11-/m0/s1. The predicted molar refractivity (Wildman–Crippen MR) is 63.2 cm³/mol. The lowest BCUT2D eigenvalue weighted by Crippen LogP contribution is -2.49. The van der Waals surface area contributed by atoms with E-state index in [2.05, 4.69) is 0 Å². The van der Waals surface area contributed by atoms with Crippen LogP contribution in [0.2, 0.25) is 0 Å². The fourth-order valence-corrected chi connectivity index (χ4v) is 1.58. The number of amides is 1. The van der Waals surface area contributed by atoms with Crippen molar-refractivity contribution in [1.29, 1.82) is 0 Å². The van der Waals surface area contributed by atoms with E-state index < -0.39 is 12.0 Å². The summed E-state index contributed by atoms with van der Waals surface area (Å²) >= 11 is 0. The van der Waals surface area contributed by atoms with E-state index in [0.29, 0.717) is 6.41 Å². The number of nitrogens with zero attached hydrogens (tertiary/aromatic N) is 2. The van der Waals surface area contributed by atoms with Crippen molar-refractivity contribution >= 4 is 12.4 Å². The van der Waals surface area contributed by atoms with Gasteiger partial charge in [0, 0.05) is 20.5 Å². The smallest absolute Gasteiger partial charge is 0.328 e. The zero-order valence-electron chi connectivity index (χ0n) is 9.91. The van der Waals surface area contributed by atoms with Gasteiger partial charge in [-0.25, -0.2) is 9.80 Å². The number of rotatable bonds is 6. The van der Waals surface area contributed by atoms with Crippen LogP contribution in [0.15, 0.2) is 30.3 Å². The Labute approximate surface area is 100 Å². The van der Waals surface area contributed by atoms with Crippen molar-refractivity contribution in [2.75, 3.05) is 14.1 Å². The fourth-order valence-electron chi connectivity index (χ4n) is 1.58. The first kappa shape index (κ1) is 13.2. The van der Waals surface area contributed by atoms with Crippen molar-refractivity contribution in [3.63, 3.8) is 0 Å². The molecule has 0 heterocycles. The van der Waals surface area contributed by atoms with Crippen molar-refractivity contribution in [1.82, 2.24) is 10.0 Å². The molecule has 1 atom stereocenters. The number of benzene rings is 1. The molecule has 0 aliphatic heterocycles. The van der Waals surface area contributed by atoms with Crippen molar-refractivity contribution in [3.05, 3.63) is 35.9 Å². The molecule has 0 spiro atoms. The maximum atomic E-state index is 11.2. The molecule has 0 unspecified atom stereocenters. The zero-order valence-corrected chi connectivity index (χ0v) is 9.91. The van der Waals surface area contributed by atoms with Crippen LogP contribution in [0.5, 0.6) is 0 Å². The number of aliphatic carboxylic acids is 1. The number of hydrazine groups is 1. The van der Waals surface area contributed by atoms with E-state index in [4.69, 9.17) is 5.11 Å². The van der Waals surface area contributed by atoms with Gasteiger partial charge < -0.3 is 5.11 Å². The molecule has 92 valence electrons. The second-order valence-electron chi connectivity index (χ2n) is 3.88. The van der Waals surface area contributed by atoms with Gasteiger partial charge in [0.05, 0.1) is 0 Å². The Morgan fingerprint density at radius 2 is 1.94 bits per heavy atom. The molecule has 5 nitrogen and oxygen atoms in total. The van der Waals surface area contributed by atoms with Gasteiger partial charge in [-0.15, -0.1) is 0 Å². The van der Waals surface area contributed by atoms with Gasteiger partial charge >= 0.3 is 5.97 Å². The minimum Gasteiger partial charge on any atom is -0.480 e. The molecule has 17 heavy (non-hydrogen) atoms. The first-order valence-electron chi connectivity index (χ1n) is 5.24. The average molecular weight is 236 g/mol. The van der Waals surface area contributed by atoms with Gasteiger partial charge in [-0.1, -0.05) is 30.3 Å². The number of carboxylic acid groups (broad SMARTS) is 1. The van der Waals surface area contributed by atoms with Crippen LogP contribution in [0.1, 0.15) is 5.56 Å². The Kier molecular flexibility index (Phi) is 4.66. The lowest BCUT2D eigenvalue weighted by atomic mass is 10.1. The molecule has 0 aliphatic rings. The normalized spacial score (nSPS) is 12.2. The van der Waals surface area contributed by atoms with Crippen molar-refractivity contribution in [3.8, 4) is 0 Å². The van der Waals surface area contributed by atoms with Gasteiger partial charge in [-0.05, 0) is 5.56 Å². The van der Waals surface area contributed by atoms with Crippen LogP contribution in [0, 0.1) is 0 Å². The van der Waals surface area contributed by atoms with Gasteiger partial charge in [-0.3, -0.25) is 9.80 Å². The third kappa shape index (κ3) is 3.57. The van der Waals surface area contributed by atoms with E-state index >= 15 is 0 Å². The van der Waals surface area contributed by atoms with E-state index in [0.717, 1.165) is 10.6 Å². The summed E-state index contributed by atoms with van der Waals surface area (Å²) in [6, 6.07) is 8.35. The second-order valence-corrected chi connectivity index (χ2v) is 3.88. The quantitative estimate of drug-likeness (QED) is 0.581. The SMILES string of the molecule is CN(C)N(C=O)[C@@H](Cc1ccccc1)C(=O)O. The molecule has 1 amide bonds. The van der Waals surface area contributed by atoms with Crippen molar-refractivity contribution in [2.45, 2.75) is 12.5 Å². The Morgan fingerprint density at radius 3 is 2.35 bits per heavy atom. The Morgan fingerprint density at radius 1 is 1.35 bits per heavy atom. The van der Waals surface area contributed by atoms with Crippen LogP contribution in [0.25, 0.3) is 0 Å². The molecule has 1 rings (SSSR count). The first-order chi connectivity index (χ1) is 8.06. The lowest BCUT2D eigenvalue weighted by molar-refractivity contribution is -0.156. The minimum absolute atomic E-state index is 0.285. The summed E-state index contributed by atoms with van der Waals surface area (Å²) in [6.07, 6.45) is 0.814. The predicted octanol–water partition coefficient (Wildman–Crippen LogP) is 0.617. The molecular weight excluding hydrogens is 220 g/mol. The van der Waals surface area contributed by atoms with Gasteiger partial charge in [0.2, 0.25) is 6.41 Å². The molecule has 0 aliphatic carbocycles. The number of carbonyl (C=O) groups is 2. The Balaban J connectivity index is 2.87. The Hall–Kier alpha value is -1.88. The molecule has 1 aromatic carbocycles. The highest BCUT2D eigenvalue weighted by molar-refractivity contribution is 5.76.